The number of carbonyl (C=O) groups excluding carboxylic acids is 2. The maximum absolute atomic E-state index is 12.9. The summed E-state index contributed by atoms with van der Waals surface area (Å²) in [6.07, 6.45) is 7.68. The van der Waals surface area contributed by atoms with Crippen LogP contribution < -0.4 is 10.2 Å². The van der Waals surface area contributed by atoms with Gasteiger partial charge in [0.15, 0.2) is 5.58 Å². The number of hydrogen-bond acceptors (Lipinski definition) is 4. The zero-order valence-electron chi connectivity index (χ0n) is 15.8. The first-order chi connectivity index (χ1) is 13.1. The molecule has 2 fully saturated rings. The zero-order chi connectivity index (χ0) is 18.8. The van der Waals surface area contributed by atoms with Gasteiger partial charge in [0, 0.05) is 24.9 Å². The Morgan fingerprint density at radius 2 is 1.74 bits per heavy atom. The highest BCUT2D eigenvalue weighted by atomic mass is 16.4. The van der Waals surface area contributed by atoms with Crippen LogP contribution in [0.15, 0.2) is 28.7 Å². The van der Waals surface area contributed by atoms with Gasteiger partial charge in [-0.25, -0.2) is 0 Å². The van der Waals surface area contributed by atoms with E-state index in [4.69, 9.17) is 4.42 Å². The van der Waals surface area contributed by atoms with Crippen molar-refractivity contribution in [1.82, 2.24) is 10.3 Å². The highest BCUT2D eigenvalue weighted by Crippen LogP contribution is 2.30. The molecule has 1 N–H and O–H groups in total. The molecular weight excluding hydrogens is 342 g/mol. The first-order valence-corrected chi connectivity index (χ1v) is 10.1. The number of aromatic nitrogens is 1. The molecule has 4 rings (SSSR count). The van der Waals surface area contributed by atoms with Crippen molar-refractivity contribution < 1.29 is 14.0 Å². The molecule has 2 aromatic rings. The summed E-state index contributed by atoms with van der Waals surface area (Å²) in [4.78, 5) is 31.1. The molecule has 0 atom stereocenters. The summed E-state index contributed by atoms with van der Waals surface area (Å²) in [5, 5.41) is 3.20. The molecule has 0 saturated heterocycles. The third kappa shape index (κ3) is 3.84. The quantitative estimate of drug-likeness (QED) is 0.892. The van der Waals surface area contributed by atoms with Crippen molar-refractivity contribution in [3.63, 3.8) is 0 Å². The maximum Gasteiger partial charge on any atom is 0.304 e. The Kier molecular flexibility index (Phi) is 5.14. The Labute approximate surface area is 159 Å². The highest BCUT2D eigenvalue weighted by Gasteiger charge is 2.32. The first-order valence-electron chi connectivity index (χ1n) is 10.1. The largest absolute Gasteiger partial charge is 0.423 e. The fraction of sp³-hybridized carbons (Fsp3) is 0.571. The summed E-state index contributed by atoms with van der Waals surface area (Å²) < 4.78 is 5.71. The highest BCUT2D eigenvalue weighted by molar-refractivity contribution is 5.93. The van der Waals surface area contributed by atoms with Gasteiger partial charge in [-0.15, -0.1) is 0 Å². The van der Waals surface area contributed by atoms with Crippen molar-refractivity contribution in [2.75, 3.05) is 11.9 Å². The summed E-state index contributed by atoms with van der Waals surface area (Å²) in [6.45, 7) is 0. The fourth-order valence-electron chi connectivity index (χ4n) is 4.36. The minimum atomic E-state index is -0.0374. The predicted octanol–water partition coefficient (Wildman–Crippen LogP) is 3.66. The lowest BCUT2D eigenvalue weighted by molar-refractivity contribution is -0.126. The molecule has 0 spiro atoms. The topological polar surface area (TPSA) is 75.4 Å². The SMILES string of the molecule is CN(C(=O)C1CCC(NC(=O)C2CCCC2)CC1)c1nc2ccccc2o1. The van der Waals surface area contributed by atoms with Gasteiger partial charge in [0.1, 0.15) is 5.52 Å². The van der Waals surface area contributed by atoms with Crippen molar-refractivity contribution >= 4 is 28.9 Å². The van der Waals surface area contributed by atoms with E-state index in [-0.39, 0.29) is 29.7 Å². The van der Waals surface area contributed by atoms with E-state index in [0.717, 1.165) is 44.0 Å². The normalized spacial score (nSPS) is 23.4. The van der Waals surface area contributed by atoms with E-state index in [1.54, 1.807) is 7.05 Å². The molecule has 1 aromatic carbocycles. The second kappa shape index (κ2) is 7.71. The number of nitrogens with one attached hydrogen (secondary N) is 1. The van der Waals surface area contributed by atoms with Gasteiger partial charge in [0.05, 0.1) is 0 Å². The number of hydrogen-bond donors (Lipinski definition) is 1. The van der Waals surface area contributed by atoms with Gasteiger partial charge in [-0.2, -0.15) is 4.98 Å². The van der Waals surface area contributed by atoms with Crippen LogP contribution in [0.2, 0.25) is 0 Å². The molecule has 6 nitrogen and oxygen atoms in total. The van der Waals surface area contributed by atoms with Gasteiger partial charge in [-0.3, -0.25) is 14.5 Å². The minimum absolute atomic E-state index is 0.0374. The van der Waals surface area contributed by atoms with Crippen LogP contribution in [-0.2, 0) is 9.59 Å². The molecule has 1 heterocycles. The molecule has 1 aromatic heterocycles. The van der Waals surface area contributed by atoms with Gasteiger partial charge in [0.2, 0.25) is 11.8 Å². The number of amides is 2. The summed E-state index contributed by atoms with van der Waals surface area (Å²) in [5.74, 6) is 0.423. The van der Waals surface area contributed by atoms with Crippen LogP contribution in [0.1, 0.15) is 51.4 Å². The fourth-order valence-corrected chi connectivity index (χ4v) is 4.36. The van der Waals surface area contributed by atoms with Crippen LogP contribution in [0.25, 0.3) is 11.1 Å². The van der Waals surface area contributed by atoms with Crippen LogP contribution in [0.4, 0.5) is 6.01 Å². The van der Waals surface area contributed by atoms with Crippen LogP contribution in [0, 0.1) is 11.8 Å². The van der Waals surface area contributed by atoms with Gasteiger partial charge < -0.3 is 9.73 Å². The molecule has 2 saturated carbocycles. The lowest BCUT2D eigenvalue weighted by Crippen LogP contribution is -2.43. The molecule has 0 aliphatic heterocycles. The number of rotatable bonds is 4. The number of benzene rings is 1. The van der Waals surface area contributed by atoms with Gasteiger partial charge in [0.25, 0.3) is 0 Å². The predicted molar refractivity (Wildman–Crippen MR) is 103 cm³/mol. The van der Waals surface area contributed by atoms with Crippen molar-refractivity contribution in [1.29, 1.82) is 0 Å². The Hall–Kier alpha value is -2.37. The zero-order valence-corrected chi connectivity index (χ0v) is 15.8. The second-order valence-electron chi connectivity index (χ2n) is 7.90. The smallest absolute Gasteiger partial charge is 0.304 e. The average molecular weight is 369 g/mol. The Morgan fingerprint density at radius 3 is 2.44 bits per heavy atom. The van der Waals surface area contributed by atoms with Crippen molar-refractivity contribution in [3.8, 4) is 0 Å². The lowest BCUT2D eigenvalue weighted by atomic mass is 9.85. The van der Waals surface area contributed by atoms with E-state index >= 15 is 0 Å². The number of carbonyl (C=O) groups is 2. The molecule has 0 bridgehead atoms. The number of para-hydroxylation sites is 2. The van der Waals surface area contributed by atoms with E-state index in [1.165, 1.54) is 17.7 Å². The molecule has 2 aliphatic rings. The summed E-state index contributed by atoms with van der Waals surface area (Å²) in [5.41, 5.74) is 1.44. The number of oxazole rings is 1. The molecule has 144 valence electrons. The third-order valence-corrected chi connectivity index (χ3v) is 6.05. The first kappa shape index (κ1) is 18.0. The Balaban J connectivity index is 1.31. The van der Waals surface area contributed by atoms with Crippen LogP contribution in [0.5, 0.6) is 0 Å². The van der Waals surface area contributed by atoms with E-state index in [1.807, 2.05) is 24.3 Å². The molecule has 27 heavy (non-hydrogen) atoms. The van der Waals surface area contributed by atoms with Gasteiger partial charge in [-0.1, -0.05) is 25.0 Å². The van der Waals surface area contributed by atoms with Crippen molar-refractivity contribution in [2.45, 2.75) is 57.4 Å². The maximum atomic E-state index is 12.9. The number of nitrogens with zero attached hydrogens (tertiary/aromatic N) is 2. The average Bonchev–Trinajstić information content (AvgIpc) is 3.37. The molecular formula is C21H27N3O3. The summed E-state index contributed by atoms with van der Waals surface area (Å²) in [6, 6.07) is 8.06. The molecule has 0 radical (unpaired) electrons. The van der Waals surface area contributed by atoms with Crippen LogP contribution in [-0.4, -0.2) is 29.9 Å². The number of anilines is 1. The van der Waals surface area contributed by atoms with Crippen LogP contribution in [0.3, 0.4) is 0 Å². The van der Waals surface area contributed by atoms with Crippen molar-refractivity contribution in [3.05, 3.63) is 24.3 Å². The standard InChI is InChI=1S/C21H27N3O3/c1-24(21-23-17-8-4-5-9-18(17)27-21)20(26)15-10-12-16(13-11-15)22-19(25)14-6-2-3-7-14/h4-5,8-9,14-16H,2-3,6-7,10-13H2,1H3,(H,22,25). The van der Waals surface area contributed by atoms with E-state index in [2.05, 4.69) is 10.3 Å². The van der Waals surface area contributed by atoms with Crippen molar-refractivity contribution in [2.24, 2.45) is 11.8 Å². The second-order valence-corrected chi connectivity index (χ2v) is 7.90. The van der Waals surface area contributed by atoms with E-state index < -0.39 is 0 Å². The Morgan fingerprint density at radius 1 is 1.04 bits per heavy atom. The van der Waals surface area contributed by atoms with E-state index in [0.29, 0.717) is 11.6 Å². The molecule has 0 unspecified atom stereocenters. The summed E-state index contributed by atoms with van der Waals surface area (Å²) in [7, 11) is 1.72. The Bertz CT molecular complexity index is 784. The number of fused-ring (bicyclic) bond motifs is 1. The molecule has 2 amide bonds. The molecule has 6 heteroatoms. The van der Waals surface area contributed by atoms with Crippen LogP contribution >= 0.6 is 0 Å². The minimum Gasteiger partial charge on any atom is -0.423 e. The third-order valence-electron chi connectivity index (χ3n) is 6.05. The lowest BCUT2D eigenvalue weighted by Gasteiger charge is -2.30. The molecule has 2 aliphatic carbocycles. The van der Waals surface area contributed by atoms with Gasteiger partial charge >= 0.3 is 6.01 Å². The summed E-state index contributed by atoms with van der Waals surface area (Å²) >= 11 is 0. The monoisotopic (exact) mass is 369 g/mol. The van der Waals surface area contributed by atoms with Gasteiger partial charge in [-0.05, 0) is 50.7 Å². The van der Waals surface area contributed by atoms with E-state index in [9.17, 15) is 9.59 Å².